The van der Waals surface area contributed by atoms with Crippen LogP contribution in [0.5, 0.6) is 0 Å². The van der Waals surface area contributed by atoms with E-state index < -0.39 is 85.4 Å². The second kappa shape index (κ2) is 19.7. The van der Waals surface area contributed by atoms with Gasteiger partial charge in [0.25, 0.3) is 0 Å². The molecule has 1 saturated carbocycles. The minimum atomic E-state index is -1.48. The quantitative estimate of drug-likeness (QED) is 0.100. The Morgan fingerprint density at radius 1 is 0.500 bits per heavy atom. The molecule has 0 bridgehead atoms. The minimum Gasteiger partial charge on any atom is -0.440 e. The summed E-state index contributed by atoms with van der Waals surface area (Å²) in [5.74, 6) is 0. The third kappa shape index (κ3) is 11.0. The van der Waals surface area contributed by atoms with Gasteiger partial charge in [0.2, 0.25) is 0 Å². The van der Waals surface area contributed by atoms with Gasteiger partial charge in [-0.05, 0) is 55.0 Å². The third-order valence-corrected chi connectivity index (χ3v) is 9.31. The van der Waals surface area contributed by atoms with Gasteiger partial charge in [-0.1, -0.05) is 72.8 Å². The Balaban J connectivity index is 1.27. The lowest BCUT2D eigenvalue weighted by Gasteiger charge is -2.48. The zero-order valence-electron chi connectivity index (χ0n) is 31.1. The number of nitrogens with one attached hydrogen (secondary N) is 4. The van der Waals surface area contributed by atoms with Crippen LogP contribution in [0.25, 0.3) is 0 Å². The van der Waals surface area contributed by atoms with Crippen LogP contribution in [0.15, 0.2) is 121 Å². The highest BCUT2D eigenvalue weighted by Gasteiger charge is 2.54. The van der Waals surface area contributed by atoms with Crippen LogP contribution in [0.2, 0.25) is 0 Å². The number of ether oxygens (including phenoxy) is 6. The van der Waals surface area contributed by atoms with E-state index in [1.165, 1.54) is 0 Å². The van der Waals surface area contributed by atoms with Crippen molar-refractivity contribution in [2.75, 3.05) is 27.8 Å². The molecule has 12 N–H and O–H groups in total. The van der Waals surface area contributed by atoms with Crippen LogP contribution in [0.3, 0.4) is 0 Å². The number of para-hydroxylation sites is 4. The summed E-state index contributed by atoms with van der Waals surface area (Å²) in [5.41, 5.74) is 27.7. The largest absolute Gasteiger partial charge is 0.440 e. The molecule has 4 amide bonds. The lowest BCUT2D eigenvalue weighted by molar-refractivity contribution is -0.285. The fraction of sp³-hybridized carbons (Fsp3) is 0.300. The Hall–Kier alpha value is -6.28. The first-order valence-electron chi connectivity index (χ1n) is 18.5. The van der Waals surface area contributed by atoms with E-state index in [9.17, 15) is 19.2 Å². The van der Waals surface area contributed by atoms with Crippen LogP contribution in [-0.2, 0) is 28.4 Å². The summed E-state index contributed by atoms with van der Waals surface area (Å²) in [4.78, 5) is 53.1. The van der Waals surface area contributed by atoms with Crippen LogP contribution in [-0.4, -0.2) is 92.0 Å². The van der Waals surface area contributed by atoms with Crippen molar-refractivity contribution in [1.29, 1.82) is 0 Å². The summed E-state index contributed by atoms with van der Waals surface area (Å²) in [7, 11) is 0. The molecule has 18 nitrogen and oxygen atoms in total. The number of nitrogens with two attached hydrogens (primary N) is 4. The van der Waals surface area contributed by atoms with E-state index in [2.05, 4.69) is 21.3 Å². The molecule has 4 aromatic carbocycles. The van der Waals surface area contributed by atoms with E-state index >= 15 is 0 Å². The van der Waals surface area contributed by atoms with Crippen molar-refractivity contribution < 1.29 is 47.6 Å². The highest BCUT2D eigenvalue weighted by Crippen LogP contribution is 2.32. The molecule has 1 aliphatic carbocycles. The summed E-state index contributed by atoms with van der Waals surface area (Å²) >= 11 is 0. The number of hydrogen-bond acceptors (Lipinski definition) is 14. The van der Waals surface area contributed by atoms with Crippen LogP contribution in [0.1, 0.15) is 6.42 Å². The monoisotopic (exact) mass is 798 g/mol. The maximum absolute atomic E-state index is 13.4. The second-order valence-corrected chi connectivity index (χ2v) is 13.5. The van der Waals surface area contributed by atoms with Gasteiger partial charge in [0.05, 0.1) is 6.04 Å². The van der Waals surface area contributed by atoms with E-state index in [1.807, 2.05) is 0 Å². The molecule has 0 spiro atoms. The number of anilines is 4. The number of hydrogen-bond donors (Lipinski definition) is 8. The number of rotatable bonds is 11. The van der Waals surface area contributed by atoms with Crippen LogP contribution >= 0.6 is 0 Å². The molecule has 1 unspecified atom stereocenters. The van der Waals surface area contributed by atoms with E-state index in [0.717, 1.165) is 0 Å². The Morgan fingerprint density at radius 2 is 0.845 bits per heavy atom. The maximum atomic E-state index is 13.4. The fourth-order valence-electron chi connectivity index (χ4n) is 6.58. The molecule has 10 atom stereocenters. The second-order valence-electron chi connectivity index (χ2n) is 13.5. The molecule has 306 valence electrons. The molecule has 1 aliphatic heterocycles. The summed E-state index contributed by atoms with van der Waals surface area (Å²) < 4.78 is 36.0. The van der Waals surface area contributed by atoms with Gasteiger partial charge in [-0.2, -0.15) is 0 Å². The van der Waals surface area contributed by atoms with Crippen LogP contribution in [0.4, 0.5) is 41.9 Å². The summed E-state index contributed by atoms with van der Waals surface area (Å²) in [5, 5.41) is 10.5. The van der Waals surface area contributed by atoms with E-state index in [-0.39, 0.29) is 13.0 Å². The molecule has 6 rings (SSSR count). The highest BCUT2D eigenvalue weighted by molar-refractivity contribution is 5.87. The van der Waals surface area contributed by atoms with Gasteiger partial charge in [-0.15, -0.1) is 0 Å². The summed E-state index contributed by atoms with van der Waals surface area (Å²) in [6, 6.07) is 30.7. The predicted molar refractivity (Wildman–Crippen MR) is 212 cm³/mol. The molecular formula is C40H46N8O10. The summed E-state index contributed by atoms with van der Waals surface area (Å²) in [6.07, 6.45) is -13.1. The zero-order chi connectivity index (χ0) is 41.0. The SMILES string of the molecule is NC[C@H]1O[C@H](OC2[C@@H](N)C[C@@H](N)[C@H](OC(=O)Nc3ccccc3)[C@H]2OC(=O)Nc2ccccc2)[C@H](N)[C@@H](OC(=O)Nc2ccccc2)[C@@H]1OC(=O)Nc1ccccc1. The van der Waals surface area contributed by atoms with Gasteiger partial charge in [0.15, 0.2) is 30.7 Å². The first-order chi connectivity index (χ1) is 28.1. The first-order valence-corrected chi connectivity index (χ1v) is 18.5. The molecule has 58 heavy (non-hydrogen) atoms. The van der Waals surface area contributed by atoms with E-state index in [0.29, 0.717) is 22.7 Å². The van der Waals surface area contributed by atoms with Crippen molar-refractivity contribution in [3.8, 4) is 0 Å². The Bertz CT molecular complexity index is 1950. The number of amides is 4. The van der Waals surface area contributed by atoms with E-state index in [1.54, 1.807) is 121 Å². The topological polar surface area (TPSA) is 276 Å². The van der Waals surface area contributed by atoms with Crippen molar-refractivity contribution >= 4 is 47.1 Å². The molecular weight excluding hydrogens is 752 g/mol. The van der Waals surface area contributed by atoms with Gasteiger partial charge >= 0.3 is 24.4 Å². The average molecular weight is 799 g/mol. The molecule has 2 aliphatic rings. The molecule has 4 aromatic rings. The average Bonchev–Trinajstić information content (AvgIpc) is 3.21. The first kappa shape index (κ1) is 41.4. The maximum Gasteiger partial charge on any atom is 0.412 e. The van der Waals surface area contributed by atoms with Crippen molar-refractivity contribution in [3.05, 3.63) is 121 Å². The van der Waals surface area contributed by atoms with Gasteiger partial charge in [0, 0.05) is 41.4 Å². The summed E-state index contributed by atoms with van der Waals surface area (Å²) in [6.45, 7) is -0.261. The Kier molecular flexibility index (Phi) is 14.1. The van der Waals surface area contributed by atoms with Crippen molar-refractivity contribution in [1.82, 2.24) is 0 Å². The Labute approximate surface area is 333 Å². The van der Waals surface area contributed by atoms with Crippen molar-refractivity contribution in [3.63, 3.8) is 0 Å². The molecule has 0 radical (unpaired) electrons. The van der Waals surface area contributed by atoms with Gasteiger partial charge in [-0.25, -0.2) is 19.2 Å². The lowest BCUT2D eigenvalue weighted by atomic mass is 9.84. The van der Waals surface area contributed by atoms with Gasteiger partial charge in [-0.3, -0.25) is 21.3 Å². The van der Waals surface area contributed by atoms with Gasteiger partial charge in [0.1, 0.15) is 12.2 Å². The molecule has 1 saturated heterocycles. The van der Waals surface area contributed by atoms with E-state index in [4.69, 9.17) is 51.4 Å². The van der Waals surface area contributed by atoms with Gasteiger partial charge < -0.3 is 51.4 Å². The molecule has 0 aromatic heterocycles. The molecule has 1 heterocycles. The number of carbonyl (C=O) groups excluding carboxylic acids is 4. The smallest absolute Gasteiger partial charge is 0.412 e. The number of carbonyl (C=O) groups is 4. The van der Waals surface area contributed by atoms with Crippen LogP contribution in [0, 0.1) is 0 Å². The molecule has 2 fully saturated rings. The standard InChI is InChI=1S/C40H46N8O10/c41-22-29-33(56-38(50)46-24-15-7-2-8-16-24)34(57-39(51)47-25-17-9-3-10-18-25)30(44)36(53-29)54-31-27(42)21-28(43)32(55-37(49)45-23-13-5-1-6-14-23)35(31)58-40(52)48-26-19-11-4-12-20-26/h1-20,27-36H,21-22,41-44H2,(H,45,49)(H,46,50)(H,47,51)(H,48,52)/t27-,28+,29+,30+,31?,32-,33+,34+,35-,36+/m0/s1. The van der Waals surface area contributed by atoms with Crippen molar-refractivity contribution in [2.24, 2.45) is 22.9 Å². The molecule has 18 heteroatoms. The fourth-order valence-corrected chi connectivity index (χ4v) is 6.58. The highest BCUT2D eigenvalue weighted by atomic mass is 16.7. The third-order valence-electron chi connectivity index (χ3n) is 9.31. The Morgan fingerprint density at radius 3 is 1.24 bits per heavy atom. The van der Waals surface area contributed by atoms with Crippen molar-refractivity contribution in [2.45, 2.75) is 67.5 Å². The predicted octanol–water partition coefficient (Wildman–Crippen LogP) is 3.91. The lowest BCUT2D eigenvalue weighted by Crippen LogP contribution is -2.69. The minimum absolute atomic E-state index is 0.0290. The normalized spacial score (nSPS) is 26.6. The van der Waals surface area contributed by atoms with Crippen LogP contribution < -0.4 is 44.2 Å². The number of benzene rings is 4. The zero-order valence-corrected chi connectivity index (χ0v) is 31.1.